The molecule has 0 saturated heterocycles. The van der Waals surface area contributed by atoms with Gasteiger partial charge in [-0.15, -0.1) is 0 Å². The number of carbonyl (C=O) groups excluding carboxylic acids is 1. The Morgan fingerprint density at radius 2 is 1.76 bits per heavy atom. The predicted octanol–water partition coefficient (Wildman–Crippen LogP) is 3.79. The highest BCUT2D eigenvalue weighted by Crippen LogP contribution is 2.41. The Hall–Kier alpha value is -3.35. The van der Waals surface area contributed by atoms with Crippen LogP contribution in [0.5, 0.6) is 5.75 Å². The third-order valence-corrected chi connectivity index (χ3v) is 5.28. The molecule has 2 amide bonds. The Balaban J connectivity index is 1.38. The fourth-order valence-corrected chi connectivity index (χ4v) is 3.43. The quantitative estimate of drug-likeness (QED) is 0.642. The van der Waals surface area contributed by atoms with Gasteiger partial charge in [0.25, 0.3) is 0 Å². The van der Waals surface area contributed by atoms with E-state index in [1.54, 1.807) is 18.1 Å². The zero-order valence-corrected chi connectivity index (χ0v) is 16.6. The van der Waals surface area contributed by atoms with Crippen LogP contribution in [0.3, 0.4) is 0 Å². The van der Waals surface area contributed by atoms with Crippen LogP contribution in [0.1, 0.15) is 43.0 Å². The van der Waals surface area contributed by atoms with Gasteiger partial charge in [0.15, 0.2) is 0 Å². The van der Waals surface area contributed by atoms with E-state index in [0.29, 0.717) is 5.92 Å². The number of nitrogens with zero attached hydrogens (tertiary/aromatic N) is 3. The molecule has 2 aromatic carbocycles. The number of methoxy groups -OCH3 is 1. The molecule has 1 aliphatic carbocycles. The molecule has 4 rings (SSSR count). The first kappa shape index (κ1) is 19.0. The lowest BCUT2D eigenvalue weighted by atomic mass is 10.0. The minimum atomic E-state index is -0.162. The standard InChI is InChI=1S/C22H25N5O2/c1-15(16-5-9-19(10-6-16)27-14-23-13-24-27)25-22(28)26-21(17-3-4-17)18-7-11-20(29-2)12-8-18/h5-15,17,21H,3-4H2,1-2H3,(H2,25,26,28). The minimum absolute atomic E-state index is 0.0165. The van der Waals surface area contributed by atoms with Crippen LogP contribution in [-0.2, 0) is 0 Å². The van der Waals surface area contributed by atoms with Crippen LogP contribution in [-0.4, -0.2) is 27.9 Å². The number of rotatable bonds is 7. The lowest BCUT2D eigenvalue weighted by Crippen LogP contribution is -2.39. The molecule has 7 nitrogen and oxygen atoms in total. The summed E-state index contributed by atoms with van der Waals surface area (Å²) in [6.07, 6.45) is 5.43. The van der Waals surface area contributed by atoms with E-state index in [2.05, 4.69) is 20.7 Å². The second-order valence-electron chi connectivity index (χ2n) is 7.36. The summed E-state index contributed by atoms with van der Waals surface area (Å²) in [5.41, 5.74) is 3.06. The number of benzene rings is 2. The molecule has 0 radical (unpaired) electrons. The molecular formula is C22H25N5O2. The Morgan fingerprint density at radius 3 is 2.34 bits per heavy atom. The highest BCUT2D eigenvalue weighted by Gasteiger charge is 2.33. The van der Waals surface area contributed by atoms with Crippen molar-refractivity contribution in [3.8, 4) is 11.4 Å². The lowest BCUT2D eigenvalue weighted by molar-refractivity contribution is 0.232. The van der Waals surface area contributed by atoms with Crippen molar-refractivity contribution >= 4 is 6.03 Å². The number of nitrogens with one attached hydrogen (secondary N) is 2. The number of urea groups is 1. The maximum absolute atomic E-state index is 12.7. The fraction of sp³-hybridized carbons (Fsp3) is 0.318. The number of hydrogen-bond acceptors (Lipinski definition) is 4. The normalized spacial score (nSPS) is 15.4. The third-order valence-electron chi connectivity index (χ3n) is 5.28. The highest BCUT2D eigenvalue weighted by molar-refractivity contribution is 5.75. The largest absolute Gasteiger partial charge is 0.497 e. The smallest absolute Gasteiger partial charge is 0.315 e. The monoisotopic (exact) mass is 391 g/mol. The van der Waals surface area contributed by atoms with Gasteiger partial charge in [0.2, 0.25) is 0 Å². The molecule has 150 valence electrons. The van der Waals surface area contributed by atoms with Gasteiger partial charge in [-0.25, -0.2) is 14.5 Å². The summed E-state index contributed by atoms with van der Waals surface area (Å²) in [5.74, 6) is 1.31. The molecule has 7 heteroatoms. The lowest BCUT2D eigenvalue weighted by Gasteiger charge is -2.22. The molecule has 0 spiro atoms. The average molecular weight is 391 g/mol. The van der Waals surface area contributed by atoms with Crippen molar-refractivity contribution in [2.24, 2.45) is 5.92 Å². The van der Waals surface area contributed by atoms with Crippen molar-refractivity contribution in [3.05, 3.63) is 72.3 Å². The van der Waals surface area contributed by atoms with Gasteiger partial charge >= 0.3 is 6.03 Å². The molecular weight excluding hydrogens is 366 g/mol. The van der Waals surface area contributed by atoms with Crippen molar-refractivity contribution in [3.63, 3.8) is 0 Å². The van der Waals surface area contributed by atoms with Gasteiger partial charge < -0.3 is 15.4 Å². The Labute approximate surface area is 170 Å². The van der Waals surface area contributed by atoms with Crippen LogP contribution in [0, 0.1) is 5.92 Å². The van der Waals surface area contributed by atoms with Gasteiger partial charge in [0, 0.05) is 0 Å². The molecule has 1 fully saturated rings. The van der Waals surface area contributed by atoms with Crippen molar-refractivity contribution in [1.29, 1.82) is 0 Å². The van der Waals surface area contributed by atoms with Crippen LogP contribution in [0.4, 0.5) is 4.79 Å². The molecule has 1 aliphatic rings. The van der Waals surface area contributed by atoms with E-state index in [1.807, 2.05) is 55.5 Å². The Bertz CT molecular complexity index is 934. The van der Waals surface area contributed by atoms with Gasteiger partial charge in [-0.3, -0.25) is 0 Å². The molecule has 1 heterocycles. The minimum Gasteiger partial charge on any atom is -0.497 e. The van der Waals surface area contributed by atoms with Gasteiger partial charge in [0.05, 0.1) is 24.9 Å². The second-order valence-corrected chi connectivity index (χ2v) is 7.36. The summed E-state index contributed by atoms with van der Waals surface area (Å²) in [7, 11) is 1.65. The van der Waals surface area contributed by atoms with Gasteiger partial charge in [-0.2, -0.15) is 5.10 Å². The molecule has 29 heavy (non-hydrogen) atoms. The molecule has 1 aromatic heterocycles. The summed E-state index contributed by atoms with van der Waals surface area (Å²) < 4.78 is 6.93. The number of carbonyl (C=O) groups is 1. The number of hydrogen-bond donors (Lipinski definition) is 2. The van der Waals surface area contributed by atoms with Crippen molar-refractivity contribution in [2.75, 3.05) is 7.11 Å². The van der Waals surface area contributed by atoms with Crippen LogP contribution >= 0.6 is 0 Å². The molecule has 2 atom stereocenters. The maximum atomic E-state index is 12.7. The van der Waals surface area contributed by atoms with E-state index >= 15 is 0 Å². The Morgan fingerprint density at radius 1 is 1.07 bits per heavy atom. The van der Waals surface area contributed by atoms with Crippen LogP contribution in [0.15, 0.2) is 61.2 Å². The van der Waals surface area contributed by atoms with Gasteiger partial charge in [-0.05, 0) is 61.1 Å². The molecule has 2 N–H and O–H groups in total. The Kier molecular flexibility index (Phi) is 5.46. The first-order valence-electron chi connectivity index (χ1n) is 9.80. The zero-order valence-electron chi connectivity index (χ0n) is 16.6. The molecule has 3 aromatic rings. The van der Waals surface area contributed by atoms with Crippen molar-refractivity contribution < 1.29 is 9.53 Å². The molecule has 0 bridgehead atoms. The third kappa shape index (κ3) is 4.56. The topological polar surface area (TPSA) is 81.1 Å². The van der Waals surface area contributed by atoms with Gasteiger partial charge in [-0.1, -0.05) is 24.3 Å². The van der Waals surface area contributed by atoms with E-state index in [9.17, 15) is 4.79 Å². The van der Waals surface area contributed by atoms with Crippen LogP contribution in [0.2, 0.25) is 0 Å². The summed E-state index contributed by atoms with van der Waals surface area (Å²) in [5, 5.41) is 10.3. The maximum Gasteiger partial charge on any atom is 0.315 e. The van der Waals surface area contributed by atoms with E-state index < -0.39 is 0 Å². The summed E-state index contributed by atoms with van der Waals surface area (Å²) in [4.78, 5) is 16.6. The van der Waals surface area contributed by atoms with Crippen LogP contribution < -0.4 is 15.4 Å². The van der Waals surface area contributed by atoms with Gasteiger partial charge in [0.1, 0.15) is 18.4 Å². The first-order chi connectivity index (χ1) is 14.1. The fourth-order valence-electron chi connectivity index (χ4n) is 3.43. The van der Waals surface area contributed by atoms with Crippen LogP contribution in [0.25, 0.3) is 5.69 Å². The van der Waals surface area contributed by atoms with Crippen molar-refractivity contribution in [2.45, 2.75) is 31.8 Å². The SMILES string of the molecule is COc1ccc(C(NC(=O)NC(C)c2ccc(-n3cncn3)cc2)C2CC2)cc1. The first-order valence-corrected chi connectivity index (χ1v) is 9.80. The summed E-state index contributed by atoms with van der Waals surface area (Å²) >= 11 is 0. The molecule has 1 saturated carbocycles. The predicted molar refractivity (Wildman–Crippen MR) is 110 cm³/mol. The average Bonchev–Trinajstić information content (AvgIpc) is 3.45. The number of aromatic nitrogens is 3. The van der Waals surface area contributed by atoms with E-state index in [-0.39, 0.29) is 18.1 Å². The highest BCUT2D eigenvalue weighted by atomic mass is 16.5. The zero-order chi connectivity index (χ0) is 20.2. The number of amides is 2. The number of ether oxygens (including phenoxy) is 1. The molecule has 2 unspecified atom stereocenters. The van der Waals surface area contributed by atoms with E-state index in [4.69, 9.17) is 4.74 Å². The summed E-state index contributed by atoms with van der Waals surface area (Å²) in [6, 6.07) is 15.6. The summed E-state index contributed by atoms with van der Waals surface area (Å²) in [6.45, 7) is 1.98. The van der Waals surface area contributed by atoms with Crippen molar-refractivity contribution in [1.82, 2.24) is 25.4 Å². The van der Waals surface area contributed by atoms with E-state index in [1.165, 1.54) is 6.33 Å². The molecule has 0 aliphatic heterocycles. The van der Waals surface area contributed by atoms with E-state index in [0.717, 1.165) is 35.4 Å². The second kappa shape index (κ2) is 8.34.